The van der Waals surface area contributed by atoms with Crippen molar-refractivity contribution < 1.29 is 23.7 Å². The second kappa shape index (κ2) is 36.4. The van der Waals surface area contributed by atoms with Gasteiger partial charge in [0.15, 0.2) is 57.6 Å². The van der Waals surface area contributed by atoms with Crippen LogP contribution in [0.5, 0.6) is 57.6 Å². The fraction of sp³-hybridized carbons (Fsp3) is 0.292. The van der Waals surface area contributed by atoms with Crippen LogP contribution in [-0.2, 0) is 27.1 Å². The summed E-state index contributed by atoms with van der Waals surface area (Å²) < 4.78 is 30.8. The topological polar surface area (TPSA) is 127 Å². The van der Waals surface area contributed by atoms with E-state index in [2.05, 4.69) is 371 Å². The van der Waals surface area contributed by atoms with Crippen LogP contribution in [0.3, 0.4) is 0 Å². The second-order valence-corrected chi connectivity index (χ2v) is 42.2. The van der Waals surface area contributed by atoms with Gasteiger partial charge in [0, 0.05) is 42.1 Å². The molecule has 15 aromatic rings. The molecular formula is C120H130N10O5. The Labute approximate surface area is 800 Å². The summed E-state index contributed by atoms with van der Waals surface area (Å²) in [6.07, 6.45) is 11.1. The number of nitrogens with zero attached hydrogens (tertiary/aromatic N) is 10. The van der Waals surface area contributed by atoms with Crippen molar-refractivity contribution in [3.8, 4) is 57.6 Å². The van der Waals surface area contributed by atoms with E-state index in [1.807, 2.05) is 112 Å². The number of pyridine rings is 5. The molecule has 0 amide bonds. The molecule has 0 saturated heterocycles. The molecular weight excluding hydrogens is 1660 g/mol. The first-order valence-electron chi connectivity index (χ1n) is 47.0. The zero-order valence-electron chi connectivity index (χ0n) is 84.6. The number of hydrogen-bond acceptors (Lipinski definition) is 15. The average molecular weight is 1790 g/mol. The number of anilines is 15. The van der Waals surface area contributed by atoms with E-state index in [1.165, 1.54) is 123 Å². The molecule has 20 rings (SSSR count). The van der Waals surface area contributed by atoms with Gasteiger partial charge in [-0.2, -0.15) is 0 Å². The van der Waals surface area contributed by atoms with Crippen LogP contribution in [0.15, 0.2) is 243 Å². The maximum absolute atomic E-state index is 6.19. The lowest BCUT2D eigenvalue weighted by Crippen LogP contribution is -2.20. The smallest absolute Gasteiger partial charge is 0.244 e. The summed E-state index contributed by atoms with van der Waals surface area (Å²) in [6, 6.07) is 72.5. The first-order chi connectivity index (χ1) is 63.8. The normalized spacial score (nSPS) is 13.0. The van der Waals surface area contributed by atoms with E-state index in [0.717, 1.165) is 126 Å². The third kappa shape index (κ3) is 19.1. The summed E-state index contributed by atoms with van der Waals surface area (Å²) in [7, 11) is 0. The zero-order chi connectivity index (χ0) is 96.7. The Kier molecular flexibility index (Phi) is 25.4. The SMILES string of the molecule is Cc1cc2c(cn1)N(c1c(C)cc(C(C)(C)C)cc1C)c1ccccc1O2.Cc1ccc2c(c1)Oc1ccncc1N2c1c(C)cc(C(C)(C)C)cc1C.Cc1ccc2c(c1)Oc1cnccc1N2c1c(C)cc(C(C)(C)C)cc1C.Cc1ccc2c(n1)Oc1ccccc1N2c1c(C)cc(C(C)(C)C)cc1C.Cc1cnc2c(c1)Oc1ccccc1N2c1c(C)cc(C(C)(C)C)cc1C. The van der Waals surface area contributed by atoms with Crippen LogP contribution in [-0.4, -0.2) is 24.9 Å². The van der Waals surface area contributed by atoms with E-state index in [0.29, 0.717) is 5.88 Å². The maximum Gasteiger partial charge on any atom is 0.244 e. The summed E-state index contributed by atoms with van der Waals surface area (Å²) >= 11 is 0. The first-order valence-corrected chi connectivity index (χ1v) is 47.0. The summed E-state index contributed by atoms with van der Waals surface area (Å²) in [5, 5.41) is 0. The van der Waals surface area contributed by atoms with E-state index in [1.54, 1.807) is 12.4 Å². The Morgan fingerprint density at radius 3 is 0.941 bits per heavy atom. The standard InChI is InChI=1S/5C24H26N2O/c1-15-7-8-19-22(11-15)27-21-9-10-25-14-20(21)26(19)23-16(2)12-18(13-17(23)3)24(4,5)6;1-15-7-8-19-21(11-15)27-22-14-25-10-9-20(22)26(19)23-16(2)12-18(13-17(23)3)24(4,5)6;1-15-11-18(24(4,5)6)12-16(2)23(15)26-19-9-7-8-10-21(19)27-22-13-17(3)25-14-20(22)26;1-15-11-21-23(25-14-15)26(19-9-7-8-10-20(19)27-21)22-16(2)12-18(13-17(22)3)24(4,5)6;1-15-13-18(24(4,5)6)14-16(2)22(15)26-19-9-7-8-10-21(19)27-23-20(26)12-11-17(3)25-23/h5*7-14H,1-6H3. The van der Waals surface area contributed by atoms with E-state index in [9.17, 15) is 0 Å². The minimum atomic E-state index is 0.115. The molecule has 135 heavy (non-hydrogen) atoms. The molecule has 0 spiro atoms. The Balaban J connectivity index is 0.000000123. The highest BCUT2D eigenvalue weighted by Gasteiger charge is 2.37. The lowest BCUT2D eigenvalue weighted by molar-refractivity contribution is 0.456. The predicted octanol–water partition coefficient (Wildman–Crippen LogP) is 34.4. The summed E-state index contributed by atoms with van der Waals surface area (Å²) in [5.41, 5.74) is 40.4. The lowest BCUT2D eigenvalue weighted by Gasteiger charge is -2.35. The van der Waals surface area contributed by atoms with Crippen LogP contribution in [0.4, 0.5) is 85.4 Å². The number of benzene rings is 10. The Bertz CT molecular complexity index is 6020. The summed E-state index contributed by atoms with van der Waals surface area (Å²) in [5.74, 6) is 9.08. The van der Waals surface area contributed by atoms with Crippen LogP contribution < -0.4 is 48.2 Å². The summed E-state index contributed by atoms with van der Waals surface area (Å²) in [4.78, 5) is 33.9. The van der Waals surface area contributed by atoms with Crippen LogP contribution in [0.25, 0.3) is 0 Å². The van der Waals surface area contributed by atoms with E-state index >= 15 is 0 Å². The van der Waals surface area contributed by atoms with Gasteiger partial charge in [-0.15, -0.1) is 0 Å². The van der Waals surface area contributed by atoms with Gasteiger partial charge in [0.05, 0.1) is 81.2 Å². The van der Waals surface area contributed by atoms with Crippen molar-refractivity contribution in [3.05, 3.63) is 355 Å². The monoisotopic (exact) mass is 1790 g/mol. The minimum absolute atomic E-state index is 0.115. The summed E-state index contributed by atoms with van der Waals surface area (Å²) in [6.45, 7) is 65.9. The highest BCUT2D eigenvalue weighted by Crippen LogP contribution is 2.59. The molecule has 5 aromatic heterocycles. The molecule has 0 N–H and O–H groups in total. The van der Waals surface area contributed by atoms with Crippen LogP contribution in [0.2, 0.25) is 0 Å². The van der Waals surface area contributed by atoms with Gasteiger partial charge >= 0.3 is 0 Å². The molecule has 0 fully saturated rings. The van der Waals surface area contributed by atoms with Crippen molar-refractivity contribution in [1.82, 2.24) is 24.9 Å². The quantitative estimate of drug-likeness (QED) is 0.162. The van der Waals surface area contributed by atoms with Gasteiger partial charge < -0.3 is 43.3 Å². The molecule has 15 nitrogen and oxygen atoms in total. The van der Waals surface area contributed by atoms with Gasteiger partial charge in [0.1, 0.15) is 17.1 Å². The number of fused-ring (bicyclic) bond motifs is 10. The highest BCUT2D eigenvalue weighted by molar-refractivity contribution is 5.94. The highest BCUT2D eigenvalue weighted by atomic mass is 16.5. The van der Waals surface area contributed by atoms with Crippen molar-refractivity contribution in [1.29, 1.82) is 0 Å². The molecule has 15 heteroatoms. The molecule has 0 saturated carbocycles. The van der Waals surface area contributed by atoms with Gasteiger partial charge in [-0.25, -0.2) is 9.97 Å². The van der Waals surface area contributed by atoms with E-state index < -0.39 is 0 Å². The second-order valence-electron chi connectivity index (χ2n) is 42.2. The molecule has 0 bridgehead atoms. The third-order valence-electron chi connectivity index (χ3n) is 25.7. The van der Waals surface area contributed by atoms with E-state index in [-0.39, 0.29) is 27.1 Å². The van der Waals surface area contributed by atoms with E-state index in [4.69, 9.17) is 28.7 Å². The van der Waals surface area contributed by atoms with Crippen molar-refractivity contribution in [2.24, 2.45) is 0 Å². The van der Waals surface area contributed by atoms with Crippen LogP contribution in [0, 0.1) is 104 Å². The van der Waals surface area contributed by atoms with Crippen LogP contribution >= 0.6 is 0 Å². The predicted molar refractivity (Wildman–Crippen MR) is 560 cm³/mol. The van der Waals surface area contributed by atoms with Gasteiger partial charge in [-0.05, 0) is 316 Å². The average Bonchev–Trinajstić information content (AvgIpc) is 0.761. The zero-order valence-corrected chi connectivity index (χ0v) is 84.6. The minimum Gasteiger partial charge on any atom is -0.453 e. The number of ether oxygens (including phenoxy) is 5. The lowest BCUT2D eigenvalue weighted by atomic mass is 9.84. The molecule has 10 heterocycles. The Morgan fingerprint density at radius 2 is 0.519 bits per heavy atom. The van der Waals surface area contributed by atoms with Gasteiger partial charge in [-0.1, -0.05) is 213 Å². The van der Waals surface area contributed by atoms with Crippen molar-refractivity contribution in [2.45, 2.75) is 235 Å². The Morgan fingerprint density at radius 1 is 0.215 bits per heavy atom. The van der Waals surface area contributed by atoms with Crippen molar-refractivity contribution in [2.75, 3.05) is 24.5 Å². The molecule has 10 aromatic carbocycles. The van der Waals surface area contributed by atoms with Gasteiger partial charge in [0.2, 0.25) is 5.88 Å². The molecule has 690 valence electrons. The molecule has 5 aliphatic rings. The van der Waals surface area contributed by atoms with Crippen molar-refractivity contribution >= 4 is 85.4 Å². The number of aromatic nitrogens is 5. The largest absolute Gasteiger partial charge is 0.453 e. The number of hydrogen-bond donors (Lipinski definition) is 0. The van der Waals surface area contributed by atoms with Crippen molar-refractivity contribution in [3.63, 3.8) is 0 Å². The maximum atomic E-state index is 6.19. The molecule has 5 aliphatic heterocycles. The third-order valence-corrected chi connectivity index (χ3v) is 25.7. The van der Waals surface area contributed by atoms with Crippen LogP contribution in [0.1, 0.15) is 215 Å². The molecule has 0 atom stereocenters. The molecule has 0 radical (unpaired) electrons. The molecule has 0 aliphatic carbocycles. The number of rotatable bonds is 5. The Hall–Kier alpha value is -14.1. The van der Waals surface area contributed by atoms with Gasteiger partial charge in [0.25, 0.3) is 0 Å². The number of para-hydroxylation sites is 6. The first kappa shape index (κ1) is 94.2. The fourth-order valence-electron chi connectivity index (χ4n) is 18.7. The fourth-order valence-corrected chi connectivity index (χ4v) is 18.7. The number of aryl methyl sites for hydroxylation is 15. The molecule has 0 unspecified atom stereocenters. The van der Waals surface area contributed by atoms with Gasteiger partial charge in [-0.3, -0.25) is 19.9 Å².